The number of hydrogen-bond acceptors (Lipinski definition) is 5. The molecule has 3 heterocycles. The zero-order chi connectivity index (χ0) is 21.8. The van der Waals surface area contributed by atoms with Crippen molar-refractivity contribution in [2.45, 2.75) is 25.8 Å². The largest absolute Gasteiger partial charge is 0.332 e. The Morgan fingerprint density at radius 3 is 2.32 bits per heavy atom. The maximum Gasteiger partial charge on any atom is 0.332 e. The first-order valence-electron chi connectivity index (χ1n) is 11.1. The Labute approximate surface area is 182 Å². The fourth-order valence-electron chi connectivity index (χ4n) is 4.43. The molecule has 0 unspecified atom stereocenters. The van der Waals surface area contributed by atoms with Gasteiger partial charge in [0.25, 0.3) is 5.56 Å². The molecule has 3 aromatic rings. The number of aromatic nitrogens is 4. The Kier molecular flexibility index (Phi) is 6.67. The topological polar surface area (TPSA) is 68.3 Å². The van der Waals surface area contributed by atoms with Gasteiger partial charge in [-0.2, -0.15) is 0 Å². The number of benzene rings is 1. The van der Waals surface area contributed by atoms with Crippen molar-refractivity contribution in [3.05, 3.63) is 63.1 Å². The van der Waals surface area contributed by atoms with Crippen LogP contribution in [0, 0.1) is 0 Å². The van der Waals surface area contributed by atoms with Crippen molar-refractivity contribution in [2.75, 3.05) is 39.3 Å². The summed E-state index contributed by atoms with van der Waals surface area (Å²) < 4.78 is 4.48. The highest BCUT2D eigenvalue weighted by Crippen LogP contribution is 2.09. The molecule has 0 atom stereocenters. The molecule has 8 heteroatoms. The lowest BCUT2D eigenvalue weighted by atomic mass is 10.1. The molecule has 0 saturated carbocycles. The summed E-state index contributed by atoms with van der Waals surface area (Å²) in [6.45, 7) is 7.28. The number of fused-ring (bicyclic) bond motifs is 1. The van der Waals surface area contributed by atoms with Gasteiger partial charge in [-0.15, -0.1) is 0 Å². The van der Waals surface area contributed by atoms with Crippen LogP contribution in [0.2, 0.25) is 0 Å². The van der Waals surface area contributed by atoms with E-state index in [2.05, 4.69) is 45.1 Å². The lowest BCUT2D eigenvalue weighted by molar-refractivity contribution is 0.253. The third-order valence-corrected chi connectivity index (χ3v) is 6.33. The minimum atomic E-state index is -0.343. The fourth-order valence-corrected chi connectivity index (χ4v) is 4.43. The molecule has 0 amide bonds. The Morgan fingerprint density at radius 1 is 0.871 bits per heavy atom. The first-order valence-corrected chi connectivity index (χ1v) is 11.1. The van der Waals surface area contributed by atoms with Crippen molar-refractivity contribution in [3.63, 3.8) is 0 Å². The zero-order valence-electron chi connectivity index (χ0n) is 18.5. The van der Waals surface area contributed by atoms with Crippen molar-refractivity contribution in [2.24, 2.45) is 14.1 Å². The second-order valence-corrected chi connectivity index (χ2v) is 8.44. The molecular formula is C23H32N6O2. The third kappa shape index (κ3) is 4.80. The Morgan fingerprint density at radius 2 is 1.58 bits per heavy atom. The van der Waals surface area contributed by atoms with Crippen LogP contribution in [0.5, 0.6) is 0 Å². The van der Waals surface area contributed by atoms with Gasteiger partial charge in [0, 0.05) is 40.3 Å². The normalized spacial score (nSPS) is 16.1. The van der Waals surface area contributed by atoms with Crippen LogP contribution < -0.4 is 11.2 Å². The molecule has 8 nitrogen and oxygen atoms in total. The van der Waals surface area contributed by atoms with Crippen LogP contribution in [-0.2, 0) is 27.1 Å². The van der Waals surface area contributed by atoms with Crippen molar-refractivity contribution >= 4 is 11.2 Å². The van der Waals surface area contributed by atoms with Crippen LogP contribution in [0.25, 0.3) is 11.2 Å². The summed E-state index contributed by atoms with van der Waals surface area (Å²) in [6.07, 6.45) is 4.91. The second-order valence-electron chi connectivity index (χ2n) is 8.44. The van der Waals surface area contributed by atoms with E-state index in [1.54, 1.807) is 13.4 Å². The highest BCUT2D eigenvalue weighted by molar-refractivity contribution is 5.69. The third-order valence-electron chi connectivity index (χ3n) is 6.33. The van der Waals surface area contributed by atoms with E-state index in [1.165, 1.54) is 23.6 Å². The van der Waals surface area contributed by atoms with E-state index in [9.17, 15) is 9.59 Å². The standard InChI is InChI=1S/C23H32N6O2/c1-25-21-20(22(30)26(2)23(25)31)29(18-24-21)14-7-13-27-11-6-12-28(17-16-27)15-10-19-8-4-3-5-9-19/h3-5,8-9,18H,6-7,10-17H2,1-2H3. The summed E-state index contributed by atoms with van der Waals surface area (Å²) in [5.74, 6) is 0. The SMILES string of the molecule is Cn1c(=O)c2c(ncn2CCCN2CCCN(CCc3ccccc3)CC2)n(C)c1=O. The lowest BCUT2D eigenvalue weighted by Crippen LogP contribution is -2.37. The monoisotopic (exact) mass is 424 g/mol. The van der Waals surface area contributed by atoms with Gasteiger partial charge in [0.2, 0.25) is 0 Å². The number of aryl methyl sites for hydroxylation is 2. The van der Waals surface area contributed by atoms with Gasteiger partial charge in [-0.3, -0.25) is 13.9 Å². The highest BCUT2D eigenvalue weighted by Gasteiger charge is 2.16. The number of imidazole rings is 1. The summed E-state index contributed by atoms with van der Waals surface area (Å²) in [5.41, 5.74) is 1.74. The number of rotatable bonds is 7. The minimum absolute atomic E-state index is 0.278. The maximum absolute atomic E-state index is 12.6. The van der Waals surface area contributed by atoms with Crippen LogP contribution >= 0.6 is 0 Å². The Bertz CT molecular complexity index is 1130. The lowest BCUT2D eigenvalue weighted by Gasteiger charge is -2.22. The van der Waals surface area contributed by atoms with Gasteiger partial charge in [-0.05, 0) is 44.5 Å². The summed E-state index contributed by atoms with van der Waals surface area (Å²) in [6, 6.07) is 10.7. The van der Waals surface area contributed by atoms with Crippen LogP contribution in [0.1, 0.15) is 18.4 Å². The first-order chi connectivity index (χ1) is 15.0. The maximum atomic E-state index is 12.6. The molecule has 166 valence electrons. The molecule has 4 rings (SSSR count). The summed E-state index contributed by atoms with van der Waals surface area (Å²) >= 11 is 0. The average molecular weight is 425 g/mol. The Hall–Kier alpha value is -2.71. The van der Waals surface area contributed by atoms with Crippen molar-refractivity contribution < 1.29 is 0 Å². The summed E-state index contributed by atoms with van der Waals surface area (Å²) in [5, 5.41) is 0. The molecule has 0 spiro atoms. The van der Waals surface area contributed by atoms with Gasteiger partial charge in [-0.1, -0.05) is 30.3 Å². The molecular weight excluding hydrogens is 392 g/mol. The van der Waals surface area contributed by atoms with E-state index in [4.69, 9.17) is 0 Å². The summed E-state index contributed by atoms with van der Waals surface area (Å²) in [4.78, 5) is 34.1. The molecule has 1 aliphatic heterocycles. The molecule has 1 aromatic carbocycles. The van der Waals surface area contributed by atoms with Gasteiger partial charge in [0.15, 0.2) is 11.2 Å². The molecule has 2 aromatic heterocycles. The van der Waals surface area contributed by atoms with Crippen molar-refractivity contribution in [3.8, 4) is 0 Å². The smallest absolute Gasteiger partial charge is 0.325 e. The van der Waals surface area contributed by atoms with E-state index in [1.807, 2.05) is 4.57 Å². The zero-order valence-corrected chi connectivity index (χ0v) is 18.5. The number of hydrogen-bond donors (Lipinski definition) is 0. The average Bonchev–Trinajstić information content (AvgIpc) is 3.08. The highest BCUT2D eigenvalue weighted by atomic mass is 16.2. The molecule has 1 saturated heterocycles. The Balaban J connectivity index is 1.29. The van der Waals surface area contributed by atoms with Gasteiger partial charge >= 0.3 is 5.69 Å². The predicted octanol–water partition coefficient (Wildman–Crippen LogP) is 1.07. The van der Waals surface area contributed by atoms with E-state index in [-0.39, 0.29) is 11.2 Å². The van der Waals surface area contributed by atoms with Crippen LogP contribution in [0.3, 0.4) is 0 Å². The van der Waals surface area contributed by atoms with E-state index >= 15 is 0 Å². The van der Waals surface area contributed by atoms with E-state index in [0.717, 1.165) is 63.2 Å². The van der Waals surface area contributed by atoms with Crippen molar-refractivity contribution in [1.82, 2.24) is 28.5 Å². The van der Waals surface area contributed by atoms with Gasteiger partial charge in [-0.25, -0.2) is 9.78 Å². The number of nitrogens with zero attached hydrogens (tertiary/aromatic N) is 6. The molecule has 31 heavy (non-hydrogen) atoms. The molecule has 1 fully saturated rings. The van der Waals surface area contributed by atoms with E-state index in [0.29, 0.717) is 11.2 Å². The van der Waals surface area contributed by atoms with Crippen LogP contribution in [0.4, 0.5) is 0 Å². The van der Waals surface area contributed by atoms with Gasteiger partial charge < -0.3 is 14.4 Å². The second kappa shape index (κ2) is 9.62. The predicted molar refractivity (Wildman–Crippen MR) is 122 cm³/mol. The van der Waals surface area contributed by atoms with E-state index < -0.39 is 0 Å². The molecule has 1 aliphatic rings. The molecule has 0 bridgehead atoms. The molecule has 0 radical (unpaired) electrons. The summed E-state index contributed by atoms with van der Waals surface area (Å²) in [7, 11) is 3.17. The van der Waals surface area contributed by atoms with Gasteiger partial charge in [0.1, 0.15) is 0 Å². The molecule has 0 aliphatic carbocycles. The quantitative estimate of drug-likeness (QED) is 0.568. The van der Waals surface area contributed by atoms with Gasteiger partial charge in [0.05, 0.1) is 6.33 Å². The fraction of sp³-hybridized carbons (Fsp3) is 0.522. The first kappa shape index (κ1) is 21.5. The van der Waals surface area contributed by atoms with Crippen LogP contribution in [0.15, 0.2) is 46.2 Å². The van der Waals surface area contributed by atoms with Crippen molar-refractivity contribution in [1.29, 1.82) is 0 Å². The minimum Gasteiger partial charge on any atom is -0.325 e. The van der Waals surface area contributed by atoms with Crippen LogP contribution in [-0.4, -0.2) is 67.8 Å². The molecule has 0 N–H and O–H groups in total.